The van der Waals surface area contributed by atoms with Crippen LogP contribution in [0.3, 0.4) is 0 Å². The largest absolute Gasteiger partial charge is 0.459 e. The second-order valence-electron chi connectivity index (χ2n) is 4.63. The molecule has 128 valence electrons. The first-order chi connectivity index (χ1) is 10.6. The topological polar surface area (TPSA) is 52.6 Å². The molecule has 0 aromatic heterocycles. The predicted molar refractivity (Wildman–Crippen MR) is 73.0 cm³/mol. The molecule has 0 fully saturated rings. The molecule has 23 heavy (non-hydrogen) atoms. The van der Waals surface area contributed by atoms with E-state index in [1.165, 1.54) is 6.07 Å². The van der Waals surface area contributed by atoms with Crippen LogP contribution in [0.5, 0.6) is 5.75 Å². The second kappa shape index (κ2) is 8.14. The molecule has 0 amide bonds. The normalized spacial score (nSPS) is 11.4. The first-order valence-electron chi connectivity index (χ1n) is 6.40. The van der Waals surface area contributed by atoms with Gasteiger partial charge in [-0.15, -0.1) is 0 Å². The minimum Gasteiger partial charge on any atom is -0.459 e. The molecule has 1 aromatic carbocycles. The standard InChI is InChI=1S/C14H13ClF4O4/c1-8-2-3-10(9(15)6-8)23-12(21)5-4-11(20)22-7-14(18,19)13(16)17/h2-3,6,13H,4-5,7H2,1H3. The summed E-state index contributed by atoms with van der Waals surface area (Å²) in [5.74, 6) is -6.39. The van der Waals surface area contributed by atoms with Crippen LogP contribution in [0, 0.1) is 6.92 Å². The summed E-state index contributed by atoms with van der Waals surface area (Å²) < 4.78 is 57.7. The van der Waals surface area contributed by atoms with Gasteiger partial charge in [0, 0.05) is 0 Å². The Kier molecular flexibility index (Phi) is 6.80. The summed E-state index contributed by atoms with van der Waals surface area (Å²) in [6, 6.07) is 4.66. The second-order valence-corrected chi connectivity index (χ2v) is 5.04. The van der Waals surface area contributed by atoms with Gasteiger partial charge in [-0.05, 0) is 24.6 Å². The van der Waals surface area contributed by atoms with Crippen molar-refractivity contribution < 1.29 is 36.6 Å². The van der Waals surface area contributed by atoms with Gasteiger partial charge in [-0.1, -0.05) is 17.7 Å². The van der Waals surface area contributed by atoms with Crippen molar-refractivity contribution in [3.05, 3.63) is 28.8 Å². The zero-order valence-corrected chi connectivity index (χ0v) is 12.7. The summed E-state index contributed by atoms with van der Waals surface area (Å²) in [6.45, 7) is 0.0327. The highest BCUT2D eigenvalue weighted by Crippen LogP contribution is 2.26. The maximum atomic E-state index is 12.5. The van der Waals surface area contributed by atoms with E-state index >= 15 is 0 Å². The van der Waals surface area contributed by atoms with Crippen LogP contribution in [0.4, 0.5) is 17.6 Å². The van der Waals surface area contributed by atoms with Crippen molar-refractivity contribution in [2.24, 2.45) is 0 Å². The van der Waals surface area contributed by atoms with Gasteiger partial charge in [-0.2, -0.15) is 8.78 Å². The van der Waals surface area contributed by atoms with Crippen molar-refractivity contribution in [3.8, 4) is 5.75 Å². The fraction of sp³-hybridized carbons (Fsp3) is 0.429. The number of rotatable bonds is 7. The van der Waals surface area contributed by atoms with Crippen molar-refractivity contribution in [1.29, 1.82) is 0 Å². The van der Waals surface area contributed by atoms with Crippen LogP contribution in [0.2, 0.25) is 5.02 Å². The molecule has 0 N–H and O–H groups in total. The number of carbonyl (C=O) groups excluding carboxylic acids is 2. The number of hydrogen-bond acceptors (Lipinski definition) is 4. The number of carbonyl (C=O) groups is 2. The quantitative estimate of drug-likeness (QED) is 0.424. The fourth-order valence-electron chi connectivity index (χ4n) is 1.38. The maximum Gasteiger partial charge on any atom is 0.340 e. The molecule has 0 aliphatic rings. The number of benzene rings is 1. The number of aryl methyl sites for hydroxylation is 1. The number of halogens is 5. The molecule has 0 unspecified atom stereocenters. The minimum atomic E-state index is -4.43. The average molecular weight is 357 g/mol. The van der Waals surface area contributed by atoms with Gasteiger partial charge in [-0.25, -0.2) is 8.78 Å². The highest BCUT2D eigenvalue weighted by molar-refractivity contribution is 6.32. The molecule has 9 heteroatoms. The van der Waals surface area contributed by atoms with E-state index in [1.807, 2.05) is 0 Å². The van der Waals surface area contributed by atoms with Crippen molar-refractivity contribution in [3.63, 3.8) is 0 Å². The van der Waals surface area contributed by atoms with E-state index in [0.29, 0.717) is 0 Å². The van der Waals surface area contributed by atoms with Crippen LogP contribution in [0.25, 0.3) is 0 Å². The molecule has 1 aromatic rings. The zero-order chi connectivity index (χ0) is 17.6. The molecule has 0 saturated heterocycles. The molecule has 0 saturated carbocycles. The molecule has 0 heterocycles. The van der Waals surface area contributed by atoms with E-state index in [4.69, 9.17) is 16.3 Å². The van der Waals surface area contributed by atoms with E-state index in [0.717, 1.165) is 5.56 Å². The highest BCUT2D eigenvalue weighted by atomic mass is 35.5. The summed E-state index contributed by atoms with van der Waals surface area (Å²) in [6.07, 6.45) is -4.99. The van der Waals surface area contributed by atoms with Gasteiger partial charge >= 0.3 is 24.3 Å². The molecule has 0 aliphatic carbocycles. The first kappa shape index (κ1) is 19.2. The van der Waals surface area contributed by atoms with Crippen LogP contribution in [-0.2, 0) is 14.3 Å². The lowest BCUT2D eigenvalue weighted by atomic mass is 10.2. The Hall–Kier alpha value is -1.83. The van der Waals surface area contributed by atoms with Gasteiger partial charge < -0.3 is 9.47 Å². The smallest absolute Gasteiger partial charge is 0.340 e. The van der Waals surface area contributed by atoms with Crippen LogP contribution in [0.15, 0.2) is 18.2 Å². The van der Waals surface area contributed by atoms with Crippen molar-refractivity contribution >= 4 is 23.5 Å². The van der Waals surface area contributed by atoms with Crippen molar-refractivity contribution in [2.75, 3.05) is 6.61 Å². The SMILES string of the molecule is Cc1ccc(OC(=O)CCC(=O)OCC(F)(F)C(F)F)c(Cl)c1. The van der Waals surface area contributed by atoms with Gasteiger partial charge in [0.15, 0.2) is 6.61 Å². The predicted octanol–water partition coefficient (Wildman–Crippen LogP) is 3.78. The zero-order valence-electron chi connectivity index (χ0n) is 12.0. The molecule has 4 nitrogen and oxygen atoms in total. The lowest BCUT2D eigenvalue weighted by molar-refractivity contribution is -0.180. The number of esters is 2. The van der Waals surface area contributed by atoms with E-state index in [2.05, 4.69) is 4.74 Å². The molecule has 0 atom stereocenters. The molecular weight excluding hydrogens is 344 g/mol. The van der Waals surface area contributed by atoms with E-state index in [9.17, 15) is 27.2 Å². The Balaban J connectivity index is 2.40. The number of ether oxygens (including phenoxy) is 2. The summed E-state index contributed by atoms with van der Waals surface area (Å²) >= 11 is 5.84. The van der Waals surface area contributed by atoms with Crippen LogP contribution < -0.4 is 4.74 Å². The van der Waals surface area contributed by atoms with Gasteiger partial charge in [0.05, 0.1) is 17.9 Å². The highest BCUT2D eigenvalue weighted by Gasteiger charge is 2.42. The number of hydrogen-bond donors (Lipinski definition) is 0. The first-order valence-corrected chi connectivity index (χ1v) is 6.78. The maximum absolute atomic E-state index is 12.5. The molecule has 0 aliphatic heterocycles. The Bertz CT molecular complexity index is 578. The minimum absolute atomic E-state index is 0.0832. The summed E-state index contributed by atoms with van der Waals surface area (Å²) in [5, 5.41) is 0.192. The summed E-state index contributed by atoms with van der Waals surface area (Å²) in [7, 11) is 0. The third-order valence-corrected chi connectivity index (χ3v) is 2.88. The lowest BCUT2D eigenvalue weighted by Crippen LogP contribution is -2.33. The van der Waals surface area contributed by atoms with Gasteiger partial charge in [0.25, 0.3) is 0 Å². The van der Waals surface area contributed by atoms with E-state index in [1.54, 1.807) is 19.1 Å². The number of alkyl halides is 4. The molecule has 0 spiro atoms. The van der Waals surface area contributed by atoms with E-state index in [-0.39, 0.29) is 10.8 Å². The van der Waals surface area contributed by atoms with Gasteiger partial charge in [0.2, 0.25) is 0 Å². The molecule has 0 bridgehead atoms. The van der Waals surface area contributed by atoms with Crippen LogP contribution >= 0.6 is 11.6 Å². The van der Waals surface area contributed by atoms with E-state index < -0.39 is 43.7 Å². The van der Waals surface area contributed by atoms with Crippen molar-refractivity contribution in [1.82, 2.24) is 0 Å². The summed E-state index contributed by atoms with van der Waals surface area (Å²) in [5.41, 5.74) is 0.846. The summed E-state index contributed by atoms with van der Waals surface area (Å²) in [4.78, 5) is 22.7. The average Bonchev–Trinajstić information content (AvgIpc) is 2.46. The van der Waals surface area contributed by atoms with Gasteiger partial charge in [0.1, 0.15) is 5.75 Å². The monoisotopic (exact) mass is 356 g/mol. The lowest BCUT2D eigenvalue weighted by Gasteiger charge is -2.14. The molecular formula is C14H13ClF4O4. The Morgan fingerprint density at radius 2 is 1.83 bits per heavy atom. The molecule has 1 rings (SSSR count). The molecule has 0 radical (unpaired) electrons. The van der Waals surface area contributed by atoms with Crippen molar-refractivity contribution in [2.45, 2.75) is 32.1 Å². The Labute approximate surface area is 134 Å². The third kappa shape index (κ3) is 6.43. The van der Waals surface area contributed by atoms with Gasteiger partial charge in [-0.3, -0.25) is 9.59 Å². The Morgan fingerprint density at radius 3 is 2.39 bits per heavy atom. The fourth-order valence-corrected chi connectivity index (χ4v) is 1.65. The van der Waals surface area contributed by atoms with Crippen LogP contribution in [0.1, 0.15) is 18.4 Å². The Morgan fingerprint density at radius 1 is 1.22 bits per heavy atom. The third-order valence-electron chi connectivity index (χ3n) is 2.59. The van der Waals surface area contributed by atoms with Crippen LogP contribution in [-0.4, -0.2) is 30.9 Å².